The summed E-state index contributed by atoms with van der Waals surface area (Å²) in [7, 11) is 0. The molecule has 0 bridgehead atoms. The topological polar surface area (TPSA) is 112 Å². The highest BCUT2D eigenvalue weighted by Gasteiger charge is 2.21. The van der Waals surface area contributed by atoms with E-state index in [1.54, 1.807) is 0 Å². The van der Waals surface area contributed by atoms with Crippen LogP contribution >= 0.6 is 23.2 Å². The number of halogens is 4. The number of nitrogens with zero attached hydrogens (tertiary/aromatic N) is 5. The van der Waals surface area contributed by atoms with Crippen LogP contribution in [-0.2, 0) is 19.4 Å². The predicted molar refractivity (Wildman–Crippen MR) is 121 cm³/mol. The number of aromatic amines is 1. The zero-order chi connectivity index (χ0) is 24.4. The van der Waals surface area contributed by atoms with Gasteiger partial charge in [0, 0.05) is 25.5 Å². The smallest absolute Gasteiger partial charge is 0.334 e. The van der Waals surface area contributed by atoms with E-state index in [0.717, 1.165) is 23.1 Å². The van der Waals surface area contributed by atoms with Crippen LogP contribution in [0.25, 0.3) is 11.2 Å². The van der Waals surface area contributed by atoms with Gasteiger partial charge in [0.1, 0.15) is 17.1 Å². The van der Waals surface area contributed by atoms with Gasteiger partial charge in [0.15, 0.2) is 17.0 Å². The van der Waals surface area contributed by atoms with Gasteiger partial charge in [-0.15, -0.1) is 0 Å². The maximum Gasteiger partial charge on any atom is 0.334 e. The van der Waals surface area contributed by atoms with Crippen LogP contribution in [0.3, 0.4) is 0 Å². The van der Waals surface area contributed by atoms with Crippen LogP contribution in [0.4, 0.5) is 8.78 Å². The Morgan fingerprint density at radius 1 is 1.24 bits per heavy atom. The molecule has 4 rings (SSSR count). The molecule has 34 heavy (non-hydrogen) atoms. The SMILES string of the molecule is CCCC(Cl)n1c(=O)n(CCCc2nc(Cc3ccc(F)cc3F)no2)c(=O)c2[nH]c(Cl)nc21. The molecule has 180 valence electrons. The normalized spacial score (nSPS) is 12.5. The van der Waals surface area contributed by atoms with Crippen molar-refractivity contribution in [1.29, 1.82) is 0 Å². The van der Waals surface area contributed by atoms with Gasteiger partial charge in [-0.25, -0.2) is 13.6 Å². The zero-order valence-corrected chi connectivity index (χ0v) is 19.5. The van der Waals surface area contributed by atoms with Crippen molar-refractivity contribution in [3.05, 3.63) is 73.2 Å². The third-order valence-corrected chi connectivity index (χ3v) is 5.83. The summed E-state index contributed by atoms with van der Waals surface area (Å²) in [6.07, 6.45) is 1.85. The first-order valence-electron chi connectivity index (χ1n) is 10.6. The molecule has 0 amide bonds. The minimum Gasteiger partial charge on any atom is -0.339 e. The molecule has 1 aromatic carbocycles. The summed E-state index contributed by atoms with van der Waals surface area (Å²) in [6.45, 7) is 1.98. The van der Waals surface area contributed by atoms with Gasteiger partial charge >= 0.3 is 5.69 Å². The van der Waals surface area contributed by atoms with Crippen molar-refractivity contribution < 1.29 is 13.3 Å². The first-order valence-corrected chi connectivity index (χ1v) is 11.4. The molecule has 0 aliphatic rings. The number of hydrogen-bond acceptors (Lipinski definition) is 6. The van der Waals surface area contributed by atoms with E-state index in [4.69, 9.17) is 27.7 Å². The van der Waals surface area contributed by atoms with Crippen molar-refractivity contribution in [2.75, 3.05) is 0 Å². The van der Waals surface area contributed by atoms with Gasteiger partial charge in [0.25, 0.3) is 5.56 Å². The summed E-state index contributed by atoms with van der Waals surface area (Å²) in [6, 6.07) is 3.26. The quantitative estimate of drug-likeness (QED) is 0.268. The molecule has 1 N–H and O–H groups in total. The van der Waals surface area contributed by atoms with E-state index in [-0.39, 0.29) is 53.1 Å². The van der Waals surface area contributed by atoms with E-state index in [9.17, 15) is 18.4 Å². The average Bonchev–Trinajstić information content (AvgIpc) is 3.39. The van der Waals surface area contributed by atoms with Gasteiger partial charge in [0.05, 0.1) is 0 Å². The molecule has 0 aliphatic heterocycles. The van der Waals surface area contributed by atoms with Crippen LogP contribution in [0, 0.1) is 11.6 Å². The summed E-state index contributed by atoms with van der Waals surface area (Å²) in [4.78, 5) is 36.9. The maximum atomic E-state index is 13.8. The molecule has 1 unspecified atom stereocenters. The largest absolute Gasteiger partial charge is 0.339 e. The molecule has 4 aromatic rings. The third kappa shape index (κ3) is 4.90. The Hall–Kier alpha value is -3.05. The highest BCUT2D eigenvalue weighted by Crippen LogP contribution is 2.21. The first kappa shape index (κ1) is 24.1. The van der Waals surface area contributed by atoms with E-state index in [1.807, 2.05) is 6.92 Å². The fourth-order valence-electron chi connectivity index (χ4n) is 3.61. The van der Waals surface area contributed by atoms with Gasteiger partial charge in [-0.1, -0.05) is 36.2 Å². The number of benzene rings is 1. The second-order valence-electron chi connectivity index (χ2n) is 7.68. The number of aryl methyl sites for hydroxylation is 1. The molecule has 9 nitrogen and oxygen atoms in total. The van der Waals surface area contributed by atoms with Crippen molar-refractivity contribution in [1.82, 2.24) is 29.2 Å². The second kappa shape index (κ2) is 10.1. The maximum absolute atomic E-state index is 13.8. The number of hydrogen-bond donors (Lipinski definition) is 1. The van der Waals surface area contributed by atoms with E-state index < -0.39 is 28.4 Å². The third-order valence-electron chi connectivity index (χ3n) is 5.23. The molecule has 0 spiro atoms. The molecule has 0 saturated carbocycles. The highest BCUT2D eigenvalue weighted by atomic mass is 35.5. The molecule has 3 heterocycles. The molecule has 0 aliphatic carbocycles. The summed E-state index contributed by atoms with van der Waals surface area (Å²) in [5.74, 6) is -0.872. The molecular formula is C21H20Cl2F2N6O3. The van der Waals surface area contributed by atoms with Crippen LogP contribution < -0.4 is 11.2 Å². The second-order valence-corrected chi connectivity index (χ2v) is 8.54. The predicted octanol–water partition coefficient (Wildman–Crippen LogP) is 3.96. The Bertz CT molecular complexity index is 1440. The number of H-pyrrole nitrogens is 1. The van der Waals surface area contributed by atoms with Crippen molar-refractivity contribution in [2.24, 2.45) is 0 Å². The minimum absolute atomic E-state index is 0.0191. The van der Waals surface area contributed by atoms with E-state index in [2.05, 4.69) is 20.1 Å². The first-order chi connectivity index (χ1) is 16.3. The lowest BCUT2D eigenvalue weighted by atomic mass is 10.1. The highest BCUT2D eigenvalue weighted by molar-refractivity contribution is 6.29. The molecule has 3 aromatic heterocycles. The molecule has 0 radical (unpaired) electrons. The Balaban J connectivity index is 1.51. The number of fused-ring (bicyclic) bond motifs is 1. The fraction of sp³-hybridized carbons (Fsp3) is 0.381. The number of nitrogens with one attached hydrogen (secondary N) is 1. The van der Waals surface area contributed by atoms with Crippen LogP contribution in [0.15, 0.2) is 32.3 Å². The monoisotopic (exact) mass is 512 g/mol. The summed E-state index contributed by atoms with van der Waals surface area (Å²) < 4.78 is 34.4. The van der Waals surface area contributed by atoms with Crippen LogP contribution in [0.2, 0.25) is 5.28 Å². The lowest BCUT2D eigenvalue weighted by molar-refractivity contribution is 0.366. The molecule has 0 saturated heterocycles. The van der Waals surface area contributed by atoms with Crippen molar-refractivity contribution in [2.45, 2.75) is 51.1 Å². The average molecular weight is 513 g/mol. The lowest BCUT2D eigenvalue weighted by Crippen LogP contribution is -2.41. The summed E-state index contributed by atoms with van der Waals surface area (Å²) in [5, 5.41) is 3.79. The Morgan fingerprint density at radius 2 is 2.03 bits per heavy atom. The summed E-state index contributed by atoms with van der Waals surface area (Å²) in [5.41, 5.74) is -1.42. The lowest BCUT2D eigenvalue weighted by Gasteiger charge is -2.15. The van der Waals surface area contributed by atoms with E-state index >= 15 is 0 Å². The Morgan fingerprint density at radius 3 is 2.76 bits per heavy atom. The van der Waals surface area contributed by atoms with Crippen molar-refractivity contribution >= 4 is 34.4 Å². The number of rotatable bonds is 9. The van der Waals surface area contributed by atoms with Crippen molar-refractivity contribution in [3.63, 3.8) is 0 Å². The van der Waals surface area contributed by atoms with Crippen LogP contribution in [0.1, 0.15) is 49.0 Å². The number of alkyl halides is 1. The molecule has 1 atom stereocenters. The molecule has 0 fully saturated rings. The fourth-order valence-corrected chi connectivity index (χ4v) is 4.17. The number of imidazole rings is 1. The van der Waals surface area contributed by atoms with Gasteiger partial charge in [0.2, 0.25) is 11.2 Å². The van der Waals surface area contributed by atoms with Gasteiger partial charge in [-0.2, -0.15) is 9.97 Å². The van der Waals surface area contributed by atoms with Gasteiger partial charge in [-0.05, 0) is 36.1 Å². The van der Waals surface area contributed by atoms with E-state index in [0.29, 0.717) is 12.8 Å². The molecule has 13 heteroatoms. The van der Waals surface area contributed by atoms with Gasteiger partial charge in [-0.3, -0.25) is 13.9 Å². The zero-order valence-electron chi connectivity index (χ0n) is 18.0. The van der Waals surface area contributed by atoms with Crippen molar-refractivity contribution in [3.8, 4) is 0 Å². The van der Waals surface area contributed by atoms with Crippen LogP contribution in [0.5, 0.6) is 0 Å². The Kier molecular flexibility index (Phi) is 7.13. The Labute approximate surface area is 201 Å². The number of aromatic nitrogens is 6. The standard InChI is InChI=1S/C21H20Cl2F2N6O3/c1-2-4-14(22)31-18-17(27-20(23)28-18)19(32)30(21(31)33)8-3-5-16-26-15(29-34-16)9-11-6-7-12(24)10-13(11)25/h6-7,10,14H,2-5,8-9H2,1H3,(H,27,28). The van der Waals surface area contributed by atoms with E-state index in [1.165, 1.54) is 10.6 Å². The summed E-state index contributed by atoms with van der Waals surface area (Å²) >= 11 is 12.3. The molecular weight excluding hydrogens is 493 g/mol. The minimum atomic E-state index is -0.698. The van der Waals surface area contributed by atoms with Crippen LogP contribution in [-0.4, -0.2) is 29.2 Å². The van der Waals surface area contributed by atoms with Gasteiger partial charge < -0.3 is 9.51 Å².